The van der Waals surface area contributed by atoms with Gasteiger partial charge in [-0.15, -0.1) is 0 Å². The van der Waals surface area contributed by atoms with E-state index in [1.807, 2.05) is 13.8 Å². The normalized spacial score (nSPS) is 10.8. The Morgan fingerprint density at radius 3 is 2.65 bits per heavy atom. The first-order valence-electron chi connectivity index (χ1n) is 6.39. The van der Waals surface area contributed by atoms with E-state index in [0.717, 1.165) is 0 Å². The van der Waals surface area contributed by atoms with Crippen molar-refractivity contribution in [3.05, 3.63) is 34.4 Å². The molecule has 0 aromatic carbocycles. The van der Waals surface area contributed by atoms with Gasteiger partial charge in [-0.2, -0.15) is 0 Å². The number of aryl methyl sites for hydroxylation is 1. The molecule has 0 atom stereocenters. The van der Waals surface area contributed by atoms with Crippen LogP contribution in [0.3, 0.4) is 0 Å². The number of pyridine rings is 1. The Balaban J connectivity index is 2.51. The highest BCUT2D eigenvalue weighted by molar-refractivity contribution is 5.59. The predicted molar refractivity (Wildman–Crippen MR) is 77.9 cm³/mol. The fourth-order valence-corrected chi connectivity index (χ4v) is 1.82. The Labute approximate surface area is 117 Å². The highest BCUT2D eigenvalue weighted by atomic mass is 16.3. The molecule has 0 bridgehead atoms. The van der Waals surface area contributed by atoms with Crippen molar-refractivity contribution >= 4 is 5.95 Å². The van der Waals surface area contributed by atoms with E-state index in [4.69, 9.17) is 0 Å². The Kier molecular flexibility index (Phi) is 3.74. The van der Waals surface area contributed by atoms with E-state index in [2.05, 4.69) is 15.3 Å². The third kappa shape index (κ3) is 2.64. The number of hydrogen-bond donors (Lipinski definition) is 2. The molecule has 0 radical (unpaired) electrons. The van der Waals surface area contributed by atoms with E-state index in [9.17, 15) is 9.90 Å². The zero-order valence-electron chi connectivity index (χ0n) is 12.0. The van der Waals surface area contributed by atoms with Crippen LogP contribution < -0.4 is 10.9 Å². The number of hydrogen-bond acceptors (Lipinski definition) is 5. The summed E-state index contributed by atoms with van der Waals surface area (Å²) in [6.07, 6.45) is 1.51. The summed E-state index contributed by atoms with van der Waals surface area (Å²) < 4.78 is 1.46. The topological polar surface area (TPSA) is 80.0 Å². The fraction of sp³-hybridized carbons (Fsp3) is 0.357. The quantitative estimate of drug-likeness (QED) is 0.890. The summed E-state index contributed by atoms with van der Waals surface area (Å²) in [5, 5.41) is 12.6. The maximum Gasteiger partial charge on any atom is 0.264 e. The van der Waals surface area contributed by atoms with Gasteiger partial charge in [-0.3, -0.25) is 9.36 Å². The lowest BCUT2D eigenvalue weighted by atomic mass is 10.2. The molecule has 0 aliphatic heterocycles. The second-order valence-electron chi connectivity index (χ2n) is 4.96. The minimum absolute atomic E-state index is 0.108. The first-order valence-corrected chi connectivity index (χ1v) is 6.39. The molecule has 6 nitrogen and oxygen atoms in total. The Morgan fingerprint density at radius 1 is 1.35 bits per heavy atom. The monoisotopic (exact) mass is 274 g/mol. The zero-order chi connectivity index (χ0) is 14.9. The lowest BCUT2D eigenvalue weighted by Gasteiger charge is -2.13. The van der Waals surface area contributed by atoms with Crippen LogP contribution in [0.1, 0.15) is 19.5 Å². The van der Waals surface area contributed by atoms with Crippen molar-refractivity contribution in [2.24, 2.45) is 7.05 Å². The molecule has 0 spiro atoms. The van der Waals surface area contributed by atoms with Gasteiger partial charge in [0.25, 0.3) is 5.56 Å². The van der Waals surface area contributed by atoms with Crippen LogP contribution in [-0.4, -0.2) is 25.7 Å². The molecule has 2 heterocycles. The summed E-state index contributed by atoms with van der Waals surface area (Å²) in [4.78, 5) is 20.8. The summed E-state index contributed by atoms with van der Waals surface area (Å²) in [5.74, 6) is 0.626. The highest BCUT2D eigenvalue weighted by Gasteiger charge is 2.12. The highest BCUT2D eigenvalue weighted by Crippen LogP contribution is 2.19. The first-order chi connectivity index (χ1) is 9.40. The van der Waals surface area contributed by atoms with Crippen LogP contribution in [0.25, 0.3) is 11.3 Å². The minimum Gasteiger partial charge on any atom is -0.506 e. The standard InChI is InChI=1S/C14H18N4O2/c1-8(2)16-14-15-7-10(13(20)18(14)4)11-5-6-12(19)9(3)17-11/h5-8,19H,1-4H3,(H,15,16). The Bertz CT molecular complexity index is 692. The van der Waals surface area contributed by atoms with Crippen molar-refractivity contribution in [3.63, 3.8) is 0 Å². The molecule has 20 heavy (non-hydrogen) atoms. The third-order valence-corrected chi connectivity index (χ3v) is 2.92. The van der Waals surface area contributed by atoms with Crippen molar-refractivity contribution in [1.29, 1.82) is 0 Å². The minimum atomic E-state index is -0.180. The molecule has 2 N–H and O–H groups in total. The van der Waals surface area contributed by atoms with Crippen molar-refractivity contribution in [2.45, 2.75) is 26.8 Å². The number of aromatic hydroxyl groups is 1. The average Bonchev–Trinajstić information content (AvgIpc) is 2.38. The van der Waals surface area contributed by atoms with Crippen molar-refractivity contribution < 1.29 is 5.11 Å². The number of anilines is 1. The molecule has 0 unspecified atom stereocenters. The SMILES string of the molecule is Cc1nc(-c2cnc(NC(C)C)n(C)c2=O)ccc1O. The smallest absolute Gasteiger partial charge is 0.264 e. The van der Waals surface area contributed by atoms with Crippen LogP contribution in [0.4, 0.5) is 5.95 Å². The molecular formula is C14H18N4O2. The number of nitrogens with one attached hydrogen (secondary N) is 1. The van der Waals surface area contributed by atoms with E-state index >= 15 is 0 Å². The molecule has 2 rings (SSSR count). The van der Waals surface area contributed by atoms with Gasteiger partial charge in [-0.25, -0.2) is 9.97 Å². The van der Waals surface area contributed by atoms with Crippen molar-refractivity contribution in [2.75, 3.05) is 5.32 Å². The van der Waals surface area contributed by atoms with E-state index in [-0.39, 0.29) is 17.4 Å². The molecule has 0 saturated heterocycles. The van der Waals surface area contributed by atoms with Gasteiger partial charge in [0.05, 0.1) is 17.0 Å². The molecule has 106 valence electrons. The maximum atomic E-state index is 12.3. The van der Waals surface area contributed by atoms with Crippen molar-refractivity contribution in [1.82, 2.24) is 14.5 Å². The summed E-state index contributed by atoms with van der Waals surface area (Å²) in [5.41, 5.74) is 1.21. The summed E-state index contributed by atoms with van der Waals surface area (Å²) in [7, 11) is 1.66. The van der Waals surface area contributed by atoms with Gasteiger partial charge in [0.1, 0.15) is 5.75 Å². The summed E-state index contributed by atoms with van der Waals surface area (Å²) in [6, 6.07) is 3.32. The van der Waals surface area contributed by atoms with Crippen LogP contribution in [0.15, 0.2) is 23.1 Å². The van der Waals surface area contributed by atoms with E-state index in [1.54, 1.807) is 20.0 Å². The number of nitrogens with zero attached hydrogens (tertiary/aromatic N) is 3. The molecule has 6 heteroatoms. The predicted octanol–water partition coefficient (Wildman–Crippen LogP) is 1.68. The van der Waals surface area contributed by atoms with E-state index < -0.39 is 0 Å². The van der Waals surface area contributed by atoms with Crippen LogP contribution >= 0.6 is 0 Å². The third-order valence-electron chi connectivity index (χ3n) is 2.92. The molecule has 0 saturated carbocycles. The van der Waals surface area contributed by atoms with Gasteiger partial charge in [-0.05, 0) is 32.9 Å². The second-order valence-corrected chi connectivity index (χ2v) is 4.96. The summed E-state index contributed by atoms with van der Waals surface area (Å²) in [6.45, 7) is 5.64. The zero-order valence-corrected chi connectivity index (χ0v) is 12.0. The number of aromatic nitrogens is 3. The van der Waals surface area contributed by atoms with Gasteiger partial charge in [0.2, 0.25) is 5.95 Å². The van der Waals surface area contributed by atoms with Crippen LogP contribution in [0.5, 0.6) is 5.75 Å². The molecular weight excluding hydrogens is 256 g/mol. The molecule has 0 fully saturated rings. The lowest BCUT2D eigenvalue weighted by molar-refractivity contribution is 0.468. The molecule has 0 aliphatic carbocycles. The average molecular weight is 274 g/mol. The Morgan fingerprint density at radius 2 is 2.05 bits per heavy atom. The van der Waals surface area contributed by atoms with E-state index in [1.165, 1.54) is 16.8 Å². The van der Waals surface area contributed by atoms with Crippen LogP contribution in [0.2, 0.25) is 0 Å². The van der Waals surface area contributed by atoms with Gasteiger partial charge in [-0.1, -0.05) is 0 Å². The largest absolute Gasteiger partial charge is 0.506 e. The van der Waals surface area contributed by atoms with Gasteiger partial charge >= 0.3 is 0 Å². The Hall–Kier alpha value is -2.37. The molecule has 2 aromatic rings. The first kappa shape index (κ1) is 14.0. The van der Waals surface area contributed by atoms with Crippen LogP contribution in [-0.2, 0) is 7.05 Å². The summed E-state index contributed by atoms with van der Waals surface area (Å²) >= 11 is 0. The number of rotatable bonds is 3. The van der Waals surface area contributed by atoms with Gasteiger partial charge in [0, 0.05) is 19.3 Å². The van der Waals surface area contributed by atoms with Crippen molar-refractivity contribution in [3.8, 4) is 17.0 Å². The van der Waals surface area contributed by atoms with Gasteiger partial charge in [0.15, 0.2) is 0 Å². The lowest BCUT2D eigenvalue weighted by Crippen LogP contribution is -2.25. The fourth-order valence-electron chi connectivity index (χ4n) is 1.82. The molecule has 0 amide bonds. The van der Waals surface area contributed by atoms with Crippen LogP contribution in [0, 0.1) is 6.92 Å². The molecule has 0 aliphatic rings. The van der Waals surface area contributed by atoms with Gasteiger partial charge < -0.3 is 10.4 Å². The second kappa shape index (κ2) is 5.32. The maximum absolute atomic E-state index is 12.3. The van der Waals surface area contributed by atoms with E-state index in [0.29, 0.717) is 22.9 Å². The molecule has 2 aromatic heterocycles.